The Bertz CT molecular complexity index is 349. The summed E-state index contributed by atoms with van der Waals surface area (Å²) in [5.74, 6) is -0.478. The SMILES string of the molecule is CC(C)(C)OC(=O)N1CC[C@@H](NC(=O)/C=N/O)C1. The lowest BCUT2D eigenvalue weighted by Gasteiger charge is -2.24. The molecule has 0 aromatic rings. The van der Waals surface area contributed by atoms with E-state index in [4.69, 9.17) is 9.94 Å². The molecule has 1 saturated heterocycles. The highest BCUT2D eigenvalue weighted by atomic mass is 16.6. The molecule has 1 aliphatic rings. The molecule has 7 nitrogen and oxygen atoms in total. The largest absolute Gasteiger partial charge is 0.444 e. The number of hydrogen-bond donors (Lipinski definition) is 2. The van der Waals surface area contributed by atoms with Crippen LogP contribution in [0, 0.1) is 0 Å². The molecular weight excluding hydrogens is 238 g/mol. The number of carbonyl (C=O) groups excluding carboxylic acids is 2. The maximum atomic E-state index is 11.7. The number of oxime groups is 1. The van der Waals surface area contributed by atoms with Crippen LogP contribution in [-0.4, -0.2) is 53.1 Å². The van der Waals surface area contributed by atoms with Crippen molar-refractivity contribution in [2.45, 2.75) is 38.8 Å². The van der Waals surface area contributed by atoms with Crippen LogP contribution < -0.4 is 5.32 Å². The Balaban J connectivity index is 2.41. The molecule has 1 atom stereocenters. The number of nitrogens with one attached hydrogen (secondary N) is 1. The number of nitrogens with zero attached hydrogens (tertiary/aromatic N) is 2. The van der Waals surface area contributed by atoms with E-state index in [0.717, 1.165) is 6.21 Å². The molecule has 18 heavy (non-hydrogen) atoms. The minimum atomic E-state index is -0.526. The molecule has 2 amide bonds. The highest BCUT2D eigenvalue weighted by Gasteiger charge is 2.30. The smallest absolute Gasteiger partial charge is 0.410 e. The monoisotopic (exact) mass is 257 g/mol. The van der Waals surface area contributed by atoms with Gasteiger partial charge in [0.1, 0.15) is 11.8 Å². The van der Waals surface area contributed by atoms with Gasteiger partial charge in [-0.25, -0.2) is 4.79 Å². The first kappa shape index (κ1) is 14.3. The molecular formula is C11H19N3O4. The molecule has 0 spiro atoms. The Labute approximate surface area is 106 Å². The molecule has 0 aromatic carbocycles. The lowest BCUT2D eigenvalue weighted by molar-refractivity contribution is -0.115. The number of carbonyl (C=O) groups is 2. The molecule has 102 valence electrons. The Hall–Kier alpha value is -1.79. The molecule has 1 heterocycles. The van der Waals surface area contributed by atoms with Crippen molar-refractivity contribution in [1.82, 2.24) is 10.2 Å². The molecule has 0 unspecified atom stereocenters. The highest BCUT2D eigenvalue weighted by molar-refractivity contribution is 6.26. The predicted molar refractivity (Wildman–Crippen MR) is 64.6 cm³/mol. The fraction of sp³-hybridized carbons (Fsp3) is 0.727. The van der Waals surface area contributed by atoms with Crippen molar-refractivity contribution in [2.75, 3.05) is 13.1 Å². The summed E-state index contributed by atoms with van der Waals surface area (Å²) in [5.41, 5.74) is -0.526. The van der Waals surface area contributed by atoms with Gasteiger partial charge in [0.2, 0.25) is 0 Å². The van der Waals surface area contributed by atoms with Gasteiger partial charge in [0.25, 0.3) is 5.91 Å². The van der Waals surface area contributed by atoms with Gasteiger partial charge in [-0.3, -0.25) is 4.79 Å². The van der Waals surface area contributed by atoms with Crippen LogP contribution in [0.2, 0.25) is 0 Å². The van der Waals surface area contributed by atoms with Crippen molar-refractivity contribution >= 4 is 18.2 Å². The molecule has 7 heteroatoms. The van der Waals surface area contributed by atoms with E-state index in [0.29, 0.717) is 19.5 Å². The first-order valence-corrected chi connectivity index (χ1v) is 5.77. The summed E-state index contributed by atoms with van der Waals surface area (Å²) in [6.45, 7) is 6.35. The normalized spacial score (nSPS) is 20.2. The Morgan fingerprint density at radius 3 is 2.72 bits per heavy atom. The van der Waals surface area contributed by atoms with Crippen LogP contribution in [0.15, 0.2) is 5.16 Å². The zero-order chi connectivity index (χ0) is 13.8. The first-order chi connectivity index (χ1) is 8.31. The van der Waals surface area contributed by atoms with Crippen molar-refractivity contribution < 1.29 is 19.5 Å². The second-order valence-electron chi connectivity index (χ2n) is 5.17. The van der Waals surface area contributed by atoms with E-state index in [1.807, 2.05) is 0 Å². The molecule has 1 aliphatic heterocycles. The van der Waals surface area contributed by atoms with E-state index < -0.39 is 11.5 Å². The summed E-state index contributed by atoms with van der Waals surface area (Å²) >= 11 is 0. The number of likely N-dealkylation sites (tertiary alicyclic amines) is 1. The highest BCUT2D eigenvalue weighted by Crippen LogP contribution is 2.15. The molecule has 0 bridgehead atoms. The summed E-state index contributed by atoms with van der Waals surface area (Å²) in [5, 5.41) is 13.5. The van der Waals surface area contributed by atoms with E-state index in [1.165, 1.54) is 0 Å². The fourth-order valence-corrected chi connectivity index (χ4v) is 1.66. The van der Waals surface area contributed by atoms with Crippen LogP contribution in [0.3, 0.4) is 0 Å². The van der Waals surface area contributed by atoms with E-state index in [1.54, 1.807) is 25.7 Å². The third kappa shape index (κ3) is 4.60. The van der Waals surface area contributed by atoms with E-state index in [2.05, 4.69) is 10.5 Å². The summed E-state index contributed by atoms with van der Waals surface area (Å²) in [6.07, 6.45) is 1.07. The standard InChI is InChI=1S/C11H19N3O4/c1-11(2,3)18-10(16)14-5-4-8(7-14)13-9(15)6-12-17/h6,8,17H,4-5,7H2,1-3H3,(H,13,15)/b12-6+/t8-/m1/s1. The van der Waals surface area contributed by atoms with Gasteiger partial charge < -0.3 is 20.2 Å². The number of amides is 2. The van der Waals surface area contributed by atoms with Crippen molar-refractivity contribution in [3.63, 3.8) is 0 Å². The quantitative estimate of drug-likeness (QED) is 0.430. The zero-order valence-corrected chi connectivity index (χ0v) is 10.8. The Morgan fingerprint density at radius 2 is 2.17 bits per heavy atom. The van der Waals surface area contributed by atoms with Crippen LogP contribution in [0.25, 0.3) is 0 Å². The summed E-state index contributed by atoms with van der Waals surface area (Å²) in [4.78, 5) is 24.4. The van der Waals surface area contributed by atoms with Crippen LogP contribution in [0.5, 0.6) is 0 Å². The van der Waals surface area contributed by atoms with Gasteiger partial charge >= 0.3 is 6.09 Å². The van der Waals surface area contributed by atoms with Gasteiger partial charge in [-0.15, -0.1) is 0 Å². The topological polar surface area (TPSA) is 91.2 Å². The maximum Gasteiger partial charge on any atom is 0.410 e. The van der Waals surface area contributed by atoms with Gasteiger partial charge in [-0.05, 0) is 27.2 Å². The number of rotatable bonds is 2. The van der Waals surface area contributed by atoms with Gasteiger partial charge in [0.05, 0.1) is 0 Å². The summed E-state index contributed by atoms with van der Waals surface area (Å²) in [7, 11) is 0. The molecule has 1 fully saturated rings. The van der Waals surface area contributed by atoms with Crippen LogP contribution in [-0.2, 0) is 9.53 Å². The molecule has 0 radical (unpaired) electrons. The van der Waals surface area contributed by atoms with E-state index in [-0.39, 0.29) is 12.1 Å². The van der Waals surface area contributed by atoms with E-state index in [9.17, 15) is 9.59 Å². The van der Waals surface area contributed by atoms with Crippen LogP contribution in [0.1, 0.15) is 27.2 Å². The average molecular weight is 257 g/mol. The third-order valence-corrected chi connectivity index (χ3v) is 2.36. The van der Waals surface area contributed by atoms with Crippen molar-refractivity contribution in [3.05, 3.63) is 0 Å². The molecule has 2 N–H and O–H groups in total. The minimum Gasteiger partial charge on any atom is -0.444 e. The van der Waals surface area contributed by atoms with Gasteiger partial charge in [0.15, 0.2) is 0 Å². The molecule has 0 aliphatic carbocycles. The summed E-state index contributed by atoms with van der Waals surface area (Å²) < 4.78 is 5.23. The van der Waals surface area contributed by atoms with Gasteiger partial charge in [0, 0.05) is 19.1 Å². The second-order valence-corrected chi connectivity index (χ2v) is 5.17. The zero-order valence-electron chi connectivity index (χ0n) is 10.8. The summed E-state index contributed by atoms with van der Waals surface area (Å²) in [6, 6.07) is -0.136. The van der Waals surface area contributed by atoms with Crippen molar-refractivity contribution in [1.29, 1.82) is 0 Å². The van der Waals surface area contributed by atoms with Gasteiger partial charge in [-0.2, -0.15) is 0 Å². The Morgan fingerprint density at radius 1 is 1.50 bits per heavy atom. The minimum absolute atomic E-state index is 0.136. The first-order valence-electron chi connectivity index (χ1n) is 5.77. The second kappa shape index (κ2) is 5.70. The lowest BCUT2D eigenvalue weighted by atomic mass is 10.2. The average Bonchev–Trinajstić information content (AvgIpc) is 2.63. The molecule has 0 aromatic heterocycles. The fourth-order valence-electron chi connectivity index (χ4n) is 1.66. The predicted octanol–water partition coefficient (Wildman–Crippen LogP) is 0.572. The third-order valence-electron chi connectivity index (χ3n) is 2.36. The van der Waals surface area contributed by atoms with Gasteiger partial charge in [-0.1, -0.05) is 5.16 Å². The molecule has 1 rings (SSSR count). The van der Waals surface area contributed by atoms with Crippen molar-refractivity contribution in [2.24, 2.45) is 5.16 Å². The number of ether oxygens (including phenoxy) is 1. The van der Waals surface area contributed by atoms with Crippen molar-refractivity contribution in [3.8, 4) is 0 Å². The van der Waals surface area contributed by atoms with Crippen LogP contribution in [0.4, 0.5) is 4.79 Å². The number of hydrogen-bond acceptors (Lipinski definition) is 5. The van der Waals surface area contributed by atoms with Crippen LogP contribution >= 0.6 is 0 Å². The maximum absolute atomic E-state index is 11.7. The Kier molecular flexibility index (Phi) is 4.52. The lowest BCUT2D eigenvalue weighted by Crippen LogP contribution is -2.40. The van der Waals surface area contributed by atoms with E-state index >= 15 is 0 Å². The molecule has 0 saturated carbocycles.